The summed E-state index contributed by atoms with van der Waals surface area (Å²) in [4.78, 5) is 30.1. The Kier molecular flexibility index (Phi) is 5.02. The lowest BCUT2D eigenvalue weighted by atomic mass is 10.3. The fraction of sp³-hybridized carbons (Fsp3) is 0.273. The molecule has 0 fully saturated rings. The summed E-state index contributed by atoms with van der Waals surface area (Å²) in [5.74, 6) is -1.07. The Bertz CT molecular complexity index is 582. The van der Waals surface area contributed by atoms with Gasteiger partial charge in [-0.1, -0.05) is 0 Å². The van der Waals surface area contributed by atoms with Crippen molar-refractivity contribution in [1.29, 1.82) is 0 Å². The quantitative estimate of drug-likeness (QED) is 0.746. The van der Waals surface area contributed by atoms with E-state index in [0.717, 1.165) is 5.69 Å². The topological polar surface area (TPSA) is 104 Å². The molecule has 2 aromatic rings. The Morgan fingerprint density at radius 2 is 2.15 bits per heavy atom. The van der Waals surface area contributed by atoms with E-state index in [4.69, 9.17) is 5.11 Å². The van der Waals surface area contributed by atoms with Crippen LogP contribution in [0.1, 0.15) is 21.2 Å². The van der Waals surface area contributed by atoms with Crippen molar-refractivity contribution in [3.63, 3.8) is 0 Å². The minimum absolute atomic E-state index is 0.00394. The van der Waals surface area contributed by atoms with Crippen molar-refractivity contribution in [2.45, 2.75) is 13.0 Å². The largest absolute Gasteiger partial charge is 0.476 e. The van der Waals surface area contributed by atoms with E-state index in [9.17, 15) is 9.59 Å². The van der Waals surface area contributed by atoms with Crippen LogP contribution in [-0.4, -0.2) is 33.6 Å². The number of carbonyl (C=O) groups is 2. The van der Waals surface area contributed by atoms with E-state index in [2.05, 4.69) is 20.6 Å². The zero-order valence-corrected chi connectivity index (χ0v) is 12.0. The van der Waals surface area contributed by atoms with Crippen molar-refractivity contribution in [2.75, 3.05) is 6.54 Å². The summed E-state index contributed by atoms with van der Waals surface area (Å²) in [7, 11) is 0. The molecule has 0 aliphatic carbocycles. The molecule has 2 rings (SSSR count). The number of amides is 2. The first-order chi connectivity index (χ1) is 9.65. The van der Waals surface area contributed by atoms with Gasteiger partial charge in [0.2, 0.25) is 0 Å². The lowest BCUT2D eigenvalue weighted by Crippen LogP contribution is -2.36. The van der Waals surface area contributed by atoms with Crippen molar-refractivity contribution in [3.8, 4) is 0 Å². The number of aromatic nitrogens is 2. The van der Waals surface area contributed by atoms with Gasteiger partial charge in [0.05, 0.1) is 17.7 Å². The van der Waals surface area contributed by atoms with Crippen LogP contribution >= 0.6 is 22.7 Å². The fourth-order valence-corrected chi connectivity index (χ4v) is 2.67. The molecule has 0 saturated carbocycles. The van der Waals surface area contributed by atoms with Crippen LogP contribution in [0, 0.1) is 0 Å². The van der Waals surface area contributed by atoms with E-state index >= 15 is 0 Å². The molecule has 0 bridgehead atoms. The molecular weight excluding hydrogens is 300 g/mol. The maximum Gasteiger partial charge on any atom is 0.355 e. The number of thiazole rings is 2. The van der Waals surface area contributed by atoms with Crippen molar-refractivity contribution < 1.29 is 14.7 Å². The van der Waals surface area contributed by atoms with E-state index in [1.807, 2.05) is 5.38 Å². The van der Waals surface area contributed by atoms with Crippen LogP contribution in [0.2, 0.25) is 0 Å². The standard InChI is InChI=1S/C11H12N4O3S2/c16-10(17)8-5-20-9(15-8)3-13-11(18)12-2-1-7-4-19-6-14-7/h4-6H,1-3H2,(H,16,17)(H2,12,13,18). The number of hydrogen-bond donors (Lipinski definition) is 3. The van der Waals surface area contributed by atoms with E-state index in [1.165, 1.54) is 28.1 Å². The van der Waals surface area contributed by atoms with Gasteiger partial charge in [0.1, 0.15) is 5.01 Å². The molecule has 2 aromatic heterocycles. The molecule has 20 heavy (non-hydrogen) atoms. The van der Waals surface area contributed by atoms with Gasteiger partial charge in [-0.25, -0.2) is 19.6 Å². The molecule has 0 saturated heterocycles. The van der Waals surface area contributed by atoms with Crippen molar-refractivity contribution in [1.82, 2.24) is 20.6 Å². The van der Waals surface area contributed by atoms with E-state index in [1.54, 1.807) is 5.51 Å². The molecule has 0 aromatic carbocycles. The number of carbonyl (C=O) groups excluding carboxylic acids is 1. The first kappa shape index (κ1) is 14.4. The second-order valence-corrected chi connectivity index (χ2v) is 5.43. The Labute approximate surface area is 122 Å². The summed E-state index contributed by atoms with van der Waals surface area (Å²) >= 11 is 2.71. The second kappa shape index (κ2) is 6.96. The van der Waals surface area contributed by atoms with Crippen LogP contribution in [-0.2, 0) is 13.0 Å². The minimum Gasteiger partial charge on any atom is -0.476 e. The molecule has 0 atom stereocenters. The Morgan fingerprint density at radius 1 is 1.30 bits per heavy atom. The fourth-order valence-electron chi connectivity index (χ4n) is 1.37. The van der Waals surface area contributed by atoms with E-state index in [-0.39, 0.29) is 18.3 Å². The molecule has 7 nitrogen and oxygen atoms in total. The van der Waals surface area contributed by atoms with Crippen LogP contribution in [0.5, 0.6) is 0 Å². The number of urea groups is 1. The molecule has 0 aliphatic heterocycles. The van der Waals surface area contributed by atoms with Gasteiger partial charge in [-0.15, -0.1) is 22.7 Å². The highest BCUT2D eigenvalue weighted by Crippen LogP contribution is 2.09. The molecule has 0 radical (unpaired) electrons. The summed E-state index contributed by atoms with van der Waals surface area (Å²) in [5.41, 5.74) is 2.69. The SMILES string of the molecule is O=C(NCCc1cscn1)NCc1nc(C(=O)O)cs1. The number of nitrogens with zero attached hydrogens (tertiary/aromatic N) is 2. The first-order valence-corrected chi connectivity index (χ1v) is 7.54. The first-order valence-electron chi connectivity index (χ1n) is 5.71. The van der Waals surface area contributed by atoms with E-state index in [0.29, 0.717) is 18.0 Å². The number of rotatable bonds is 6. The van der Waals surface area contributed by atoms with Gasteiger partial charge in [-0.05, 0) is 0 Å². The monoisotopic (exact) mass is 312 g/mol. The number of carboxylic acids is 1. The summed E-state index contributed by atoms with van der Waals surface area (Å²) in [6.07, 6.45) is 0.678. The lowest BCUT2D eigenvalue weighted by molar-refractivity contribution is 0.0691. The van der Waals surface area contributed by atoms with Gasteiger partial charge >= 0.3 is 12.0 Å². The normalized spacial score (nSPS) is 10.2. The summed E-state index contributed by atoms with van der Waals surface area (Å²) in [5, 5.41) is 18.0. The maximum absolute atomic E-state index is 11.5. The van der Waals surface area contributed by atoms with Gasteiger partial charge in [0.25, 0.3) is 0 Å². The molecule has 106 valence electrons. The maximum atomic E-state index is 11.5. The Morgan fingerprint density at radius 3 is 2.80 bits per heavy atom. The van der Waals surface area contributed by atoms with Crippen molar-refractivity contribution in [2.24, 2.45) is 0 Å². The molecule has 2 amide bonds. The molecular formula is C11H12N4O3S2. The summed E-state index contributed by atoms with van der Waals surface area (Å²) in [6, 6.07) is -0.313. The van der Waals surface area contributed by atoms with Crippen LogP contribution < -0.4 is 10.6 Å². The molecule has 0 aliphatic rings. The van der Waals surface area contributed by atoms with Crippen molar-refractivity contribution >= 4 is 34.7 Å². The minimum atomic E-state index is -1.07. The highest BCUT2D eigenvalue weighted by atomic mass is 32.1. The molecule has 2 heterocycles. The summed E-state index contributed by atoms with van der Waals surface area (Å²) in [6.45, 7) is 0.703. The molecule has 0 spiro atoms. The summed E-state index contributed by atoms with van der Waals surface area (Å²) < 4.78 is 0. The smallest absolute Gasteiger partial charge is 0.355 e. The van der Waals surface area contributed by atoms with Crippen LogP contribution in [0.25, 0.3) is 0 Å². The van der Waals surface area contributed by atoms with Gasteiger partial charge in [-0.3, -0.25) is 0 Å². The number of nitrogens with one attached hydrogen (secondary N) is 2. The van der Waals surface area contributed by atoms with Gasteiger partial charge in [0, 0.05) is 23.7 Å². The highest BCUT2D eigenvalue weighted by molar-refractivity contribution is 7.09. The highest BCUT2D eigenvalue weighted by Gasteiger charge is 2.09. The van der Waals surface area contributed by atoms with Gasteiger partial charge in [0.15, 0.2) is 5.69 Å². The zero-order valence-electron chi connectivity index (χ0n) is 10.3. The number of aromatic carboxylic acids is 1. The van der Waals surface area contributed by atoms with Crippen LogP contribution in [0.15, 0.2) is 16.3 Å². The van der Waals surface area contributed by atoms with Gasteiger partial charge in [-0.2, -0.15) is 0 Å². The second-order valence-electron chi connectivity index (χ2n) is 3.77. The lowest BCUT2D eigenvalue weighted by Gasteiger charge is -2.05. The van der Waals surface area contributed by atoms with Crippen LogP contribution in [0.4, 0.5) is 4.79 Å². The van der Waals surface area contributed by atoms with Crippen molar-refractivity contribution in [3.05, 3.63) is 32.7 Å². The Hall–Kier alpha value is -2.00. The third kappa shape index (κ3) is 4.28. The Balaban J connectivity index is 1.67. The molecule has 9 heteroatoms. The third-order valence-electron chi connectivity index (χ3n) is 2.32. The average Bonchev–Trinajstić information content (AvgIpc) is 3.07. The third-order valence-corrected chi connectivity index (χ3v) is 3.81. The molecule has 0 unspecified atom stereocenters. The number of carboxylic acid groups (broad SMARTS) is 1. The van der Waals surface area contributed by atoms with E-state index < -0.39 is 5.97 Å². The van der Waals surface area contributed by atoms with Gasteiger partial charge < -0.3 is 15.7 Å². The zero-order chi connectivity index (χ0) is 14.4. The average molecular weight is 312 g/mol. The van der Waals surface area contributed by atoms with Crippen LogP contribution in [0.3, 0.4) is 0 Å². The number of hydrogen-bond acceptors (Lipinski definition) is 6. The predicted octanol–water partition coefficient (Wildman–Crippen LogP) is 1.34. The molecule has 3 N–H and O–H groups in total. The predicted molar refractivity (Wildman–Crippen MR) is 75.1 cm³/mol.